The first-order chi connectivity index (χ1) is 9.60. The zero-order valence-corrected chi connectivity index (χ0v) is 11.8. The van der Waals surface area contributed by atoms with E-state index in [4.69, 9.17) is 11.5 Å². The van der Waals surface area contributed by atoms with Gasteiger partial charge in [0.2, 0.25) is 0 Å². The summed E-state index contributed by atoms with van der Waals surface area (Å²) in [6.07, 6.45) is -4.42. The lowest BCUT2D eigenvalue weighted by Gasteiger charge is -2.27. The molecule has 4 N–H and O–H groups in total. The van der Waals surface area contributed by atoms with E-state index in [1.54, 1.807) is 18.2 Å². The van der Waals surface area contributed by atoms with Crippen molar-refractivity contribution >= 4 is 11.4 Å². The second-order valence-corrected chi connectivity index (χ2v) is 5.59. The molecule has 0 aliphatic carbocycles. The minimum absolute atomic E-state index is 0.100. The van der Waals surface area contributed by atoms with Gasteiger partial charge in [-0.25, -0.2) is 0 Å². The standard InChI is InChI=1S/C16H17F3N2/c1-15(2,10-3-5-13(20)6-4-10)11-7-12(16(17,18)19)9-14(21)8-11/h3-9H,20-21H2,1-2H3. The largest absolute Gasteiger partial charge is 0.416 e. The molecular weight excluding hydrogens is 277 g/mol. The van der Waals surface area contributed by atoms with Crippen molar-refractivity contribution in [1.82, 2.24) is 0 Å². The fourth-order valence-electron chi connectivity index (χ4n) is 2.24. The normalized spacial score (nSPS) is 12.4. The van der Waals surface area contributed by atoms with Crippen molar-refractivity contribution in [3.05, 3.63) is 59.2 Å². The Morgan fingerprint density at radius 1 is 0.714 bits per heavy atom. The third kappa shape index (κ3) is 3.12. The summed E-state index contributed by atoms with van der Waals surface area (Å²) in [6.45, 7) is 3.71. The molecule has 112 valence electrons. The van der Waals surface area contributed by atoms with E-state index in [9.17, 15) is 13.2 Å². The van der Waals surface area contributed by atoms with E-state index < -0.39 is 17.2 Å². The number of nitrogens with two attached hydrogens (primary N) is 2. The molecule has 0 fully saturated rings. The minimum atomic E-state index is -4.42. The summed E-state index contributed by atoms with van der Waals surface area (Å²) in [4.78, 5) is 0. The Balaban J connectivity index is 2.54. The van der Waals surface area contributed by atoms with Crippen LogP contribution in [0.25, 0.3) is 0 Å². The van der Waals surface area contributed by atoms with Crippen LogP contribution in [0.15, 0.2) is 42.5 Å². The number of rotatable bonds is 2. The van der Waals surface area contributed by atoms with Crippen molar-refractivity contribution in [2.45, 2.75) is 25.4 Å². The van der Waals surface area contributed by atoms with Crippen LogP contribution >= 0.6 is 0 Å². The molecule has 21 heavy (non-hydrogen) atoms. The van der Waals surface area contributed by atoms with Crippen molar-refractivity contribution in [1.29, 1.82) is 0 Å². The zero-order chi connectivity index (χ0) is 15.8. The highest BCUT2D eigenvalue weighted by Gasteiger charge is 2.33. The summed E-state index contributed by atoms with van der Waals surface area (Å²) in [5.41, 5.74) is 12.0. The maximum Gasteiger partial charge on any atom is 0.416 e. The van der Waals surface area contributed by atoms with E-state index in [0.717, 1.165) is 17.7 Å². The molecule has 0 heterocycles. The molecule has 0 bridgehead atoms. The SMILES string of the molecule is CC(C)(c1ccc(N)cc1)c1cc(N)cc(C(F)(F)F)c1. The van der Waals surface area contributed by atoms with Crippen molar-refractivity contribution in [2.24, 2.45) is 0 Å². The second kappa shape index (κ2) is 4.98. The van der Waals surface area contributed by atoms with Crippen LogP contribution in [0.5, 0.6) is 0 Å². The molecule has 0 atom stereocenters. The molecule has 2 rings (SSSR count). The van der Waals surface area contributed by atoms with E-state index in [1.807, 2.05) is 26.0 Å². The van der Waals surface area contributed by atoms with Crippen molar-refractivity contribution in [3.63, 3.8) is 0 Å². The summed E-state index contributed by atoms with van der Waals surface area (Å²) < 4.78 is 38.8. The fourth-order valence-corrected chi connectivity index (χ4v) is 2.24. The number of anilines is 2. The first-order valence-electron chi connectivity index (χ1n) is 6.45. The van der Waals surface area contributed by atoms with Gasteiger partial charge in [0.15, 0.2) is 0 Å². The van der Waals surface area contributed by atoms with Gasteiger partial charge < -0.3 is 11.5 Å². The lowest BCUT2D eigenvalue weighted by molar-refractivity contribution is -0.137. The number of hydrogen-bond donors (Lipinski definition) is 2. The second-order valence-electron chi connectivity index (χ2n) is 5.59. The van der Waals surface area contributed by atoms with Gasteiger partial charge in [0, 0.05) is 16.8 Å². The molecule has 2 aromatic rings. The van der Waals surface area contributed by atoms with Crippen LogP contribution in [0.2, 0.25) is 0 Å². The van der Waals surface area contributed by atoms with Crippen LogP contribution in [-0.2, 0) is 11.6 Å². The quantitative estimate of drug-likeness (QED) is 0.816. The van der Waals surface area contributed by atoms with Gasteiger partial charge in [0.25, 0.3) is 0 Å². The van der Waals surface area contributed by atoms with E-state index in [0.29, 0.717) is 11.3 Å². The lowest BCUT2D eigenvalue weighted by atomic mass is 9.77. The summed E-state index contributed by atoms with van der Waals surface area (Å²) in [7, 11) is 0. The van der Waals surface area contributed by atoms with Crippen LogP contribution < -0.4 is 11.5 Å². The maximum absolute atomic E-state index is 12.9. The number of hydrogen-bond acceptors (Lipinski definition) is 2. The van der Waals surface area contributed by atoms with Crippen molar-refractivity contribution < 1.29 is 13.2 Å². The zero-order valence-electron chi connectivity index (χ0n) is 11.8. The Kier molecular flexibility index (Phi) is 3.61. The Morgan fingerprint density at radius 3 is 1.76 bits per heavy atom. The van der Waals surface area contributed by atoms with Gasteiger partial charge in [0.1, 0.15) is 0 Å². The van der Waals surface area contributed by atoms with Crippen LogP contribution in [0.1, 0.15) is 30.5 Å². The maximum atomic E-state index is 12.9. The Morgan fingerprint density at radius 2 is 1.24 bits per heavy atom. The molecule has 0 unspecified atom stereocenters. The number of halogens is 3. The smallest absolute Gasteiger partial charge is 0.399 e. The lowest BCUT2D eigenvalue weighted by Crippen LogP contribution is -2.20. The van der Waals surface area contributed by atoms with Gasteiger partial charge in [-0.05, 0) is 41.5 Å². The van der Waals surface area contributed by atoms with Gasteiger partial charge in [0.05, 0.1) is 5.56 Å². The highest BCUT2D eigenvalue weighted by atomic mass is 19.4. The third-order valence-electron chi connectivity index (χ3n) is 3.64. The number of benzene rings is 2. The van der Waals surface area contributed by atoms with E-state index in [-0.39, 0.29) is 5.69 Å². The van der Waals surface area contributed by atoms with Gasteiger partial charge in [-0.3, -0.25) is 0 Å². The molecule has 0 radical (unpaired) electrons. The Hall–Kier alpha value is -2.17. The average molecular weight is 294 g/mol. The van der Waals surface area contributed by atoms with E-state index in [2.05, 4.69) is 0 Å². The minimum Gasteiger partial charge on any atom is -0.399 e. The topological polar surface area (TPSA) is 52.0 Å². The molecule has 2 aromatic carbocycles. The molecule has 5 heteroatoms. The number of nitrogen functional groups attached to an aromatic ring is 2. The summed E-state index contributed by atoms with van der Waals surface area (Å²) in [5.74, 6) is 0. The molecule has 0 aliphatic rings. The Labute approximate surface area is 121 Å². The highest BCUT2D eigenvalue weighted by Crippen LogP contribution is 2.37. The van der Waals surface area contributed by atoms with Crippen LogP contribution in [0.4, 0.5) is 24.5 Å². The molecule has 0 aromatic heterocycles. The van der Waals surface area contributed by atoms with Gasteiger partial charge in [-0.1, -0.05) is 26.0 Å². The molecule has 0 aliphatic heterocycles. The first-order valence-corrected chi connectivity index (χ1v) is 6.45. The van der Waals surface area contributed by atoms with Crippen LogP contribution in [0.3, 0.4) is 0 Å². The van der Waals surface area contributed by atoms with E-state index in [1.165, 1.54) is 0 Å². The summed E-state index contributed by atoms with van der Waals surface area (Å²) >= 11 is 0. The predicted octanol–water partition coefficient (Wildman–Crippen LogP) is 4.20. The third-order valence-corrected chi connectivity index (χ3v) is 3.64. The first kappa shape index (κ1) is 15.2. The van der Waals surface area contributed by atoms with Gasteiger partial charge >= 0.3 is 6.18 Å². The molecule has 0 spiro atoms. The summed E-state index contributed by atoms with van der Waals surface area (Å²) in [5, 5.41) is 0. The van der Waals surface area contributed by atoms with Crippen molar-refractivity contribution in [3.8, 4) is 0 Å². The Bertz CT molecular complexity index is 644. The van der Waals surface area contributed by atoms with Crippen molar-refractivity contribution in [2.75, 3.05) is 11.5 Å². The van der Waals surface area contributed by atoms with Crippen LogP contribution in [-0.4, -0.2) is 0 Å². The predicted molar refractivity (Wildman–Crippen MR) is 78.8 cm³/mol. The average Bonchev–Trinajstić information content (AvgIpc) is 2.37. The molecule has 0 saturated carbocycles. The molecule has 2 nitrogen and oxygen atoms in total. The van der Waals surface area contributed by atoms with Gasteiger partial charge in [-0.15, -0.1) is 0 Å². The molecule has 0 saturated heterocycles. The fraction of sp³-hybridized carbons (Fsp3) is 0.250. The highest BCUT2D eigenvalue weighted by molar-refractivity contribution is 5.51. The monoisotopic (exact) mass is 294 g/mol. The van der Waals surface area contributed by atoms with Gasteiger partial charge in [-0.2, -0.15) is 13.2 Å². The van der Waals surface area contributed by atoms with Crippen LogP contribution in [0, 0.1) is 0 Å². The summed E-state index contributed by atoms with van der Waals surface area (Å²) in [6, 6.07) is 10.8. The van der Waals surface area contributed by atoms with E-state index >= 15 is 0 Å². The molecule has 0 amide bonds. The molecular formula is C16H17F3N2. The number of alkyl halides is 3.